The van der Waals surface area contributed by atoms with E-state index < -0.39 is 11.7 Å². The molecule has 0 aliphatic rings. The van der Waals surface area contributed by atoms with Gasteiger partial charge in [0.05, 0.1) is 11.3 Å². The molecule has 0 aliphatic carbocycles. The Kier molecular flexibility index (Phi) is 6.28. The largest absolute Gasteiger partial charge is 0.417 e. The highest BCUT2D eigenvalue weighted by atomic mass is 19.4. The zero-order valence-corrected chi connectivity index (χ0v) is 11.4. The second kappa shape index (κ2) is 7.48. The van der Waals surface area contributed by atoms with E-state index in [2.05, 4.69) is 17.2 Å². The molecule has 1 heterocycles. The van der Waals surface area contributed by atoms with Gasteiger partial charge in [0.2, 0.25) is 0 Å². The molecule has 0 saturated carbocycles. The Morgan fingerprint density at radius 1 is 1.21 bits per heavy atom. The van der Waals surface area contributed by atoms with E-state index in [4.69, 9.17) is 0 Å². The van der Waals surface area contributed by atoms with Gasteiger partial charge in [0.15, 0.2) is 0 Å². The Hall–Kier alpha value is -1.10. The molecule has 1 aromatic heterocycles. The van der Waals surface area contributed by atoms with Gasteiger partial charge < -0.3 is 5.32 Å². The van der Waals surface area contributed by atoms with Crippen molar-refractivity contribution in [2.24, 2.45) is 0 Å². The van der Waals surface area contributed by atoms with Crippen molar-refractivity contribution in [3.05, 3.63) is 29.6 Å². The third-order valence-corrected chi connectivity index (χ3v) is 3.02. The minimum absolute atomic E-state index is 0.0406. The van der Waals surface area contributed by atoms with Crippen LogP contribution in [0.2, 0.25) is 0 Å². The molecule has 1 atom stereocenters. The highest BCUT2D eigenvalue weighted by molar-refractivity contribution is 5.18. The van der Waals surface area contributed by atoms with Crippen LogP contribution in [0.5, 0.6) is 0 Å². The summed E-state index contributed by atoms with van der Waals surface area (Å²) in [6, 6.07) is 2.62. The van der Waals surface area contributed by atoms with Gasteiger partial charge >= 0.3 is 6.18 Å². The Bertz CT molecular complexity index is 360. The second-order valence-electron chi connectivity index (χ2n) is 4.58. The molecule has 19 heavy (non-hydrogen) atoms. The van der Waals surface area contributed by atoms with E-state index in [1.54, 1.807) is 0 Å². The lowest BCUT2D eigenvalue weighted by Gasteiger charge is -2.17. The fourth-order valence-electron chi connectivity index (χ4n) is 1.98. The van der Waals surface area contributed by atoms with Crippen molar-refractivity contribution in [2.45, 2.75) is 51.7 Å². The fourth-order valence-corrected chi connectivity index (χ4v) is 1.98. The van der Waals surface area contributed by atoms with Crippen LogP contribution in [-0.4, -0.2) is 11.5 Å². The minimum atomic E-state index is -4.32. The number of unbranched alkanes of at least 4 members (excludes halogenated alkanes) is 2. The normalized spacial score (nSPS) is 13.5. The molecule has 1 rings (SSSR count). The molecule has 0 aliphatic heterocycles. The highest BCUT2D eigenvalue weighted by Crippen LogP contribution is 2.29. The number of hydrogen-bond donors (Lipinski definition) is 1. The number of alkyl halides is 3. The summed E-state index contributed by atoms with van der Waals surface area (Å²) >= 11 is 0. The Balaban J connectivity index is 2.73. The number of nitrogens with zero attached hydrogens (tertiary/aromatic N) is 1. The third-order valence-electron chi connectivity index (χ3n) is 3.02. The van der Waals surface area contributed by atoms with Crippen molar-refractivity contribution in [3.8, 4) is 0 Å². The molecule has 0 fully saturated rings. The first-order valence-electron chi connectivity index (χ1n) is 6.75. The molecule has 1 aromatic rings. The number of halogens is 3. The Morgan fingerprint density at radius 2 is 1.95 bits per heavy atom. The average molecular weight is 274 g/mol. The number of hydrogen-bond acceptors (Lipinski definition) is 2. The van der Waals surface area contributed by atoms with Gasteiger partial charge in [-0.2, -0.15) is 13.2 Å². The maximum Gasteiger partial charge on any atom is 0.417 e. The number of pyridine rings is 1. The van der Waals surface area contributed by atoms with E-state index in [1.807, 2.05) is 6.92 Å². The quantitative estimate of drug-likeness (QED) is 0.748. The maximum absolute atomic E-state index is 12.5. The summed E-state index contributed by atoms with van der Waals surface area (Å²) in [7, 11) is 0. The SMILES string of the molecule is CCCCCC(NCC)c1ccc(C(F)(F)F)cn1. The van der Waals surface area contributed by atoms with E-state index >= 15 is 0 Å². The molecule has 5 heteroatoms. The van der Waals surface area contributed by atoms with Gasteiger partial charge in [0.25, 0.3) is 0 Å². The van der Waals surface area contributed by atoms with Crippen molar-refractivity contribution in [1.82, 2.24) is 10.3 Å². The van der Waals surface area contributed by atoms with Crippen LogP contribution in [0.15, 0.2) is 18.3 Å². The smallest absolute Gasteiger partial charge is 0.309 e. The van der Waals surface area contributed by atoms with Crippen LogP contribution >= 0.6 is 0 Å². The molecule has 108 valence electrons. The van der Waals surface area contributed by atoms with Crippen LogP contribution in [0.4, 0.5) is 13.2 Å². The minimum Gasteiger partial charge on any atom is -0.309 e. The van der Waals surface area contributed by atoms with Crippen LogP contribution in [0, 0.1) is 0 Å². The Morgan fingerprint density at radius 3 is 2.42 bits per heavy atom. The maximum atomic E-state index is 12.5. The predicted octanol–water partition coefficient (Wildman–Crippen LogP) is 4.33. The molecule has 2 nitrogen and oxygen atoms in total. The Labute approximate surface area is 112 Å². The van der Waals surface area contributed by atoms with E-state index in [1.165, 1.54) is 6.07 Å². The summed E-state index contributed by atoms with van der Waals surface area (Å²) in [6.45, 7) is 4.88. The standard InChI is InChI=1S/C14H21F3N2/c1-3-5-6-7-12(18-4-2)13-9-8-11(10-19-13)14(15,16)17/h8-10,12,18H,3-7H2,1-2H3. The average Bonchev–Trinajstić information content (AvgIpc) is 2.37. The molecule has 0 saturated heterocycles. The monoisotopic (exact) mass is 274 g/mol. The van der Waals surface area contributed by atoms with Gasteiger partial charge in [-0.3, -0.25) is 4.98 Å². The van der Waals surface area contributed by atoms with Crippen LogP contribution in [0.1, 0.15) is 56.8 Å². The number of aromatic nitrogens is 1. The summed E-state index contributed by atoms with van der Waals surface area (Å²) in [4.78, 5) is 3.96. The first-order chi connectivity index (χ1) is 8.99. The van der Waals surface area contributed by atoms with Crippen LogP contribution in [-0.2, 0) is 6.18 Å². The lowest BCUT2D eigenvalue weighted by Crippen LogP contribution is -2.22. The molecule has 0 bridgehead atoms. The predicted molar refractivity (Wildman–Crippen MR) is 69.8 cm³/mol. The first-order valence-corrected chi connectivity index (χ1v) is 6.75. The summed E-state index contributed by atoms with van der Waals surface area (Å²) in [5, 5.41) is 3.27. The molecule has 0 spiro atoms. The molecule has 0 radical (unpaired) electrons. The van der Waals surface area contributed by atoms with Crippen LogP contribution in [0.3, 0.4) is 0 Å². The van der Waals surface area contributed by atoms with Gasteiger partial charge in [-0.1, -0.05) is 33.1 Å². The second-order valence-corrected chi connectivity index (χ2v) is 4.58. The zero-order chi connectivity index (χ0) is 14.3. The van der Waals surface area contributed by atoms with Crippen molar-refractivity contribution < 1.29 is 13.2 Å². The third kappa shape index (κ3) is 5.19. The van der Waals surface area contributed by atoms with E-state index in [0.717, 1.165) is 44.5 Å². The van der Waals surface area contributed by atoms with Crippen molar-refractivity contribution in [2.75, 3.05) is 6.54 Å². The van der Waals surface area contributed by atoms with E-state index in [-0.39, 0.29) is 6.04 Å². The molecular weight excluding hydrogens is 253 g/mol. The van der Waals surface area contributed by atoms with Crippen molar-refractivity contribution >= 4 is 0 Å². The lowest BCUT2D eigenvalue weighted by atomic mass is 10.0. The van der Waals surface area contributed by atoms with Crippen LogP contribution in [0.25, 0.3) is 0 Å². The lowest BCUT2D eigenvalue weighted by molar-refractivity contribution is -0.137. The van der Waals surface area contributed by atoms with E-state index in [0.29, 0.717) is 5.69 Å². The summed E-state index contributed by atoms with van der Waals surface area (Å²) in [6.07, 6.45) is 0.805. The first kappa shape index (κ1) is 16.0. The van der Waals surface area contributed by atoms with Gasteiger partial charge in [-0.15, -0.1) is 0 Å². The zero-order valence-electron chi connectivity index (χ0n) is 11.4. The van der Waals surface area contributed by atoms with Crippen LogP contribution < -0.4 is 5.32 Å². The van der Waals surface area contributed by atoms with Gasteiger partial charge in [-0.25, -0.2) is 0 Å². The van der Waals surface area contributed by atoms with Crippen molar-refractivity contribution in [1.29, 1.82) is 0 Å². The van der Waals surface area contributed by atoms with E-state index in [9.17, 15) is 13.2 Å². The molecular formula is C14H21F3N2. The molecule has 0 amide bonds. The summed E-state index contributed by atoms with van der Waals surface area (Å²) < 4.78 is 37.4. The van der Waals surface area contributed by atoms with Gasteiger partial charge in [-0.05, 0) is 25.1 Å². The van der Waals surface area contributed by atoms with Crippen molar-refractivity contribution in [3.63, 3.8) is 0 Å². The van der Waals surface area contributed by atoms with Gasteiger partial charge in [0, 0.05) is 12.2 Å². The summed E-state index contributed by atoms with van der Waals surface area (Å²) in [5.41, 5.74) is -0.00832. The number of nitrogens with one attached hydrogen (secondary N) is 1. The number of rotatable bonds is 7. The summed E-state index contributed by atoms with van der Waals surface area (Å²) in [5.74, 6) is 0. The molecule has 1 unspecified atom stereocenters. The molecule has 0 aromatic carbocycles. The fraction of sp³-hybridized carbons (Fsp3) is 0.643. The van der Waals surface area contributed by atoms with Gasteiger partial charge in [0.1, 0.15) is 0 Å². The molecule has 1 N–H and O–H groups in total. The topological polar surface area (TPSA) is 24.9 Å². The highest BCUT2D eigenvalue weighted by Gasteiger charge is 2.30.